The van der Waals surface area contributed by atoms with E-state index in [1.807, 2.05) is 47.9 Å². The van der Waals surface area contributed by atoms with Crippen LogP contribution in [0.3, 0.4) is 0 Å². The summed E-state index contributed by atoms with van der Waals surface area (Å²) in [6.45, 7) is 2.26. The highest BCUT2D eigenvalue weighted by Gasteiger charge is 2.21. The van der Waals surface area contributed by atoms with E-state index < -0.39 is 0 Å². The van der Waals surface area contributed by atoms with Gasteiger partial charge in [0.1, 0.15) is 6.17 Å². The van der Waals surface area contributed by atoms with Gasteiger partial charge in [0, 0.05) is 15.2 Å². The zero-order chi connectivity index (χ0) is 17.2. The van der Waals surface area contributed by atoms with Crippen LogP contribution in [0.25, 0.3) is 15.7 Å². The van der Waals surface area contributed by atoms with Crippen LogP contribution >= 0.6 is 11.3 Å². The molecule has 0 saturated carbocycles. The minimum Gasteiger partial charge on any atom is -0.306 e. The Kier molecular flexibility index (Phi) is 4.38. The summed E-state index contributed by atoms with van der Waals surface area (Å²) in [7, 11) is 0. The Morgan fingerprint density at radius 2 is 1.92 bits per heavy atom. The predicted molar refractivity (Wildman–Crippen MR) is 108 cm³/mol. The zero-order valence-corrected chi connectivity index (χ0v) is 15.0. The molecule has 3 nitrogen and oxygen atoms in total. The van der Waals surface area contributed by atoms with E-state index in [0.29, 0.717) is 5.92 Å². The first-order chi connectivity index (χ1) is 12.2. The average Bonchev–Trinajstić information content (AvgIpc) is 3.01. The molecular weight excluding hydrogens is 326 g/mol. The van der Waals surface area contributed by atoms with Gasteiger partial charge in [-0.3, -0.25) is 5.43 Å². The van der Waals surface area contributed by atoms with Crippen LogP contribution in [0, 0.1) is 5.92 Å². The first-order valence-corrected chi connectivity index (χ1v) is 9.36. The summed E-state index contributed by atoms with van der Waals surface area (Å²) < 4.78 is 1.34. The van der Waals surface area contributed by atoms with Gasteiger partial charge < -0.3 is 5.73 Å². The van der Waals surface area contributed by atoms with E-state index in [4.69, 9.17) is 5.73 Å². The third-order valence-electron chi connectivity index (χ3n) is 4.53. The largest absolute Gasteiger partial charge is 0.306 e. The molecule has 4 rings (SSSR count). The Morgan fingerprint density at radius 3 is 2.76 bits per heavy atom. The molecular formula is C21H21N3S. The summed E-state index contributed by atoms with van der Waals surface area (Å²) in [4.78, 5) is 1.33. The fourth-order valence-corrected chi connectivity index (χ4v) is 4.54. The van der Waals surface area contributed by atoms with Crippen molar-refractivity contribution in [2.75, 3.05) is 0 Å². The highest BCUT2D eigenvalue weighted by molar-refractivity contribution is 7.20. The number of nitrogens with one attached hydrogen (secondary N) is 1. The van der Waals surface area contributed by atoms with Gasteiger partial charge in [-0.05, 0) is 34.9 Å². The van der Waals surface area contributed by atoms with Crippen molar-refractivity contribution in [3.05, 3.63) is 76.7 Å². The normalized spacial score (nSPS) is 18.2. The quantitative estimate of drug-likeness (QED) is 0.408. The van der Waals surface area contributed by atoms with Crippen LogP contribution in [0.15, 0.2) is 65.8 Å². The summed E-state index contributed by atoms with van der Waals surface area (Å²) in [5.74, 6) is 0.509. The van der Waals surface area contributed by atoms with Gasteiger partial charge in [-0.15, -0.1) is 11.3 Å². The fourth-order valence-electron chi connectivity index (χ4n) is 3.32. The third-order valence-corrected chi connectivity index (χ3v) is 5.79. The first-order valence-electron chi connectivity index (χ1n) is 8.54. The number of fused-ring (bicyclic) bond motifs is 3. The second kappa shape index (κ2) is 6.82. The van der Waals surface area contributed by atoms with Gasteiger partial charge in [0.05, 0.1) is 6.21 Å². The fraction of sp³-hybridized carbons (Fsp3) is 0.190. The molecule has 0 aliphatic heterocycles. The molecule has 0 fully saturated rings. The van der Waals surface area contributed by atoms with E-state index in [2.05, 4.69) is 47.8 Å². The number of hydrogen-bond donors (Lipinski definition) is 2. The van der Waals surface area contributed by atoms with E-state index in [0.717, 1.165) is 12.0 Å². The molecule has 4 heteroatoms. The van der Waals surface area contributed by atoms with E-state index in [1.54, 1.807) is 0 Å². The van der Waals surface area contributed by atoms with Crippen LogP contribution in [0.4, 0.5) is 0 Å². The van der Waals surface area contributed by atoms with Gasteiger partial charge in [0.2, 0.25) is 0 Å². The highest BCUT2D eigenvalue weighted by Crippen LogP contribution is 2.40. The number of allylic oxidation sites excluding steroid dienone is 2. The maximum absolute atomic E-state index is 6.15. The molecule has 1 aliphatic carbocycles. The molecule has 2 atom stereocenters. The van der Waals surface area contributed by atoms with Crippen molar-refractivity contribution in [2.24, 2.45) is 16.8 Å². The Labute approximate surface area is 151 Å². The van der Waals surface area contributed by atoms with Crippen molar-refractivity contribution in [3.8, 4) is 0 Å². The van der Waals surface area contributed by atoms with E-state index in [-0.39, 0.29) is 6.17 Å². The van der Waals surface area contributed by atoms with E-state index in [1.165, 1.54) is 26.1 Å². The lowest BCUT2D eigenvalue weighted by Crippen LogP contribution is -2.24. The Balaban J connectivity index is 1.58. The molecule has 3 N–H and O–H groups in total. The second-order valence-electron chi connectivity index (χ2n) is 6.48. The molecule has 0 radical (unpaired) electrons. The number of nitrogens with zero attached hydrogens (tertiary/aromatic N) is 1. The van der Waals surface area contributed by atoms with Gasteiger partial charge in [-0.1, -0.05) is 61.5 Å². The third kappa shape index (κ3) is 3.23. The summed E-state index contributed by atoms with van der Waals surface area (Å²) in [6, 6.07) is 18.6. The van der Waals surface area contributed by atoms with Gasteiger partial charge >= 0.3 is 0 Å². The summed E-state index contributed by atoms with van der Waals surface area (Å²) in [5, 5.41) is 5.79. The lowest BCUT2D eigenvalue weighted by Gasteiger charge is -2.17. The van der Waals surface area contributed by atoms with Crippen LogP contribution < -0.4 is 11.2 Å². The molecule has 0 spiro atoms. The second-order valence-corrected chi connectivity index (χ2v) is 7.54. The van der Waals surface area contributed by atoms with Gasteiger partial charge in [0.15, 0.2) is 0 Å². The van der Waals surface area contributed by atoms with Crippen molar-refractivity contribution in [1.82, 2.24) is 5.43 Å². The first kappa shape index (κ1) is 16.1. The minimum atomic E-state index is -0.305. The number of nitrogens with two attached hydrogens (primary N) is 1. The van der Waals surface area contributed by atoms with E-state index >= 15 is 0 Å². The molecule has 1 heterocycles. The molecule has 2 aromatic carbocycles. The Hall–Kier alpha value is -2.43. The van der Waals surface area contributed by atoms with Gasteiger partial charge in [-0.25, -0.2) is 0 Å². The van der Waals surface area contributed by atoms with Crippen molar-refractivity contribution in [1.29, 1.82) is 0 Å². The molecule has 3 aromatic rings. The molecule has 0 bridgehead atoms. The lowest BCUT2D eigenvalue weighted by molar-refractivity contribution is 0.582. The minimum absolute atomic E-state index is 0.305. The van der Waals surface area contributed by atoms with Gasteiger partial charge in [0.25, 0.3) is 0 Å². The molecule has 0 amide bonds. The lowest BCUT2D eigenvalue weighted by atomic mass is 9.89. The molecule has 126 valence electrons. The Bertz CT molecular complexity index is 940. The smallest absolute Gasteiger partial charge is 0.117 e. The van der Waals surface area contributed by atoms with Crippen molar-refractivity contribution in [3.63, 3.8) is 0 Å². The van der Waals surface area contributed by atoms with Crippen LogP contribution in [0.2, 0.25) is 0 Å². The molecule has 0 saturated heterocycles. The number of benzene rings is 2. The number of rotatable bonds is 4. The number of hydrogen-bond acceptors (Lipinski definition) is 4. The van der Waals surface area contributed by atoms with Gasteiger partial charge in [-0.2, -0.15) is 5.10 Å². The maximum Gasteiger partial charge on any atom is 0.117 e. The molecule has 25 heavy (non-hydrogen) atoms. The van der Waals surface area contributed by atoms with Crippen molar-refractivity contribution < 1.29 is 0 Å². The highest BCUT2D eigenvalue weighted by atomic mass is 32.1. The standard InChI is InChI=1S/C21H21N3S/c1-14-11-16(13-23-24-21(22)15-7-3-2-4-8-15)20-18(12-14)17-9-5-6-10-19(17)25-20/h2-11,13-14,21,24H,12,22H2,1H3/b23-13+. The number of hydrazone groups is 1. The SMILES string of the molecule is CC1C=C(/C=N/NC(N)c2ccccc2)c2sc3ccccc3c2C1. The average molecular weight is 347 g/mol. The predicted octanol–water partition coefficient (Wildman–Crippen LogP) is 4.71. The maximum atomic E-state index is 6.15. The topological polar surface area (TPSA) is 50.4 Å². The number of thiophene rings is 1. The summed E-state index contributed by atoms with van der Waals surface area (Å²) in [5.41, 5.74) is 12.8. The van der Waals surface area contributed by atoms with Crippen LogP contribution in [-0.4, -0.2) is 6.21 Å². The van der Waals surface area contributed by atoms with E-state index in [9.17, 15) is 0 Å². The monoisotopic (exact) mass is 347 g/mol. The van der Waals surface area contributed by atoms with Crippen molar-refractivity contribution in [2.45, 2.75) is 19.5 Å². The van der Waals surface area contributed by atoms with Crippen LogP contribution in [0.1, 0.15) is 29.1 Å². The van der Waals surface area contributed by atoms with Crippen LogP contribution in [-0.2, 0) is 6.42 Å². The molecule has 2 unspecified atom stereocenters. The van der Waals surface area contributed by atoms with Crippen LogP contribution in [0.5, 0.6) is 0 Å². The summed E-state index contributed by atoms with van der Waals surface area (Å²) in [6.07, 6.45) is 5.00. The Morgan fingerprint density at radius 1 is 1.16 bits per heavy atom. The van der Waals surface area contributed by atoms with Crippen molar-refractivity contribution >= 4 is 33.2 Å². The summed E-state index contributed by atoms with van der Waals surface area (Å²) >= 11 is 1.85. The zero-order valence-electron chi connectivity index (χ0n) is 14.1. The molecule has 1 aromatic heterocycles. The molecule has 1 aliphatic rings.